The second kappa shape index (κ2) is 4.76. The largest absolute Gasteiger partial charge is 0.480 e. The maximum Gasteiger partial charge on any atom is 0.416 e. The molecule has 0 radical (unpaired) electrons. The summed E-state index contributed by atoms with van der Waals surface area (Å²) in [4.78, 5) is 34.6. The first-order valence-electron chi connectivity index (χ1n) is 5.65. The zero-order valence-electron chi connectivity index (χ0n) is 10.6. The number of fused-ring (bicyclic) bond motifs is 1. The fourth-order valence-corrected chi connectivity index (χ4v) is 1.97. The molecule has 0 spiro atoms. The molecule has 6 nitrogen and oxygen atoms in total. The Labute approximate surface area is 114 Å². The predicted octanol–water partition coefficient (Wildman–Crippen LogP) is 0.804. The lowest BCUT2D eigenvalue weighted by atomic mass is 10.1. The van der Waals surface area contributed by atoms with Gasteiger partial charge in [-0.05, 0) is 18.2 Å². The zero-order chi connectivity index (χ0) is 15.9. The van der Waals surface area contributed by atoms with Gasteiger partial charge >= 0.3 is 17.8 Å². The van der Waals surface area contributed by atoms with E-state index in [0.717, 1.165) is 16.7 Å². The van der Waals surface area contributed by atoms with Gasteiger partial charge < -0.3 is 5.11 Å². The topological polar surface area (TPSA) is 81.3 Å². The minimum atomic E-state index is -4.65. The Hall–Kier alpha value is -2.58. The van der Waals surface area contributed by atoms with Crippen molar-refractivity contribution in [1.29, 1.82) is 0 Å². The molecule has 0 atom stereocenters. The number of carbonyl (C=O) groups is 1. The molecule has 0 saturated carbocycles. The molecule has 0 saturated heterocycles. The SMILES string of the molecule is Cn1c(=O)n(CC(=O)O)c(=O)c2cc(C(F)(F)F)ccc21. The molecule has 0 bridgehead atoms. The number of nitrogens with zero attached hydrogens (tertiary/aromatic N) is 2. The molecule has 9 heteroatoms. The number of alkyl halides is 3. The van der Waals surface area contributed by atoms with Crippen molar-refractivity contribution in [3.05, 3.63) is 44.6 Å². The highest BCUT2D eigenvalue weighted by molar-refractivity contribution is 5.79. The van der Waals surface area contributed by atoms with E-state index in [-0.39, 0.29) is 10.9 Å². The highest BCUT2D eigenvalue weighted by Gasteiger charge is 2.31. The molecule has 21 heavy (non-hydrogen) atoms. The summed E-state index contributed by atoms with van der Waals surface area (Å²) >= 11 is 0. The summed E-state index contributed by atoms with van der Waals surface area (Å²) in [5.41, 5.74) is -3.02. The molecule has 2 rings (SSSR count). The average Bonchev–Trinajstić information content (AvgIpc) is 2.39. The Morgan fingerprint density at radius 2 is 1.90 bits per heavy atom. The third-order valence-corrected chi connectivity index (χ3v) is 2.97. The van der Waals surface area contributed by atoms with Crippen molar-refractivity contribution in [2.24, 2.45) is 7.05 Å². The van der Waals surface area contributed by atoms with Crippen molar-refractivity contribution in [3.8, 4) is 0 Å². The molecule has 0 aliphatic carbocycles. The lowest BCUT2D eigenvalue weighted by molar-refractivity contribution is -0.138. The van der Waals surface area contributed by atoms with Crippen LogP contribution in [0.15, 0.2) is 27.8 Å². The Kier molecular flexibility index (Phi) is 3.36. The summed E-state index contributed by atoms with van der Waals surface area (Å²) in [5, 5.41) is 8.31. The van der Waals surface area contributed by atoms with Crippen LogP contribution < -0.4 is 11.2 Å². The van der Waals surface area contributed by atoms with Gasteiger partial charge in [-0.2, -0.15) is 13.2 Å². The van der Waals surface area contributed by atoms with Gasteiger partial charge in [0.25, 0.3) is 5.56 Å². The summed E-state index contributed by atoms with van der Waals surface area (Å²) < 4.78 is 39.3. The van der Waals surface area contributed by atoms with Crippen molar-refractivity contribution in [2.45, 2.75) is 12.7 Å². The molecule has 112 valence electrons. The van der Waals surface area contributed by atoms with Gasteiger partial charge in [-0.25, -0.2) is 9.36 Å². The molecule has 0 aliphatic heterocycles. The van der Waals surface area contributed by atoms with Crippen LogP contribution in [0.2, 0.25) is 0 Å². The lowest BCUT2D eigenvalue weighted by Crippen LogP contribution is -2.40. The molecular formula is C12H9F3N2O4. The minimum Gasteiger partial charge on any atom is -0.480 e. The number of aliphatic carboxylic acids is 1. The molecular weight excluding hydrogens is 293 g/mol. The van der Waals surface area contributed by atoms with Crippen molar-refractivity contribution < 1.29 is 23.1 Å². The Balaban J connectivity index is 2.88. The first-order valence-corrected chi connectivity index (χ1v) is 5.65. The number of aromatic nitrogens is 2. The number of aryl methyl sites for hydroxylation is 1. The number of halogens is 3. The Morgan fingerprint density at radius 3 is 2.43 bits per heavy atom. The van der Waals surface area contributed by atoms with Gasteiger partial charge in [-0.3, -0.25) is 14.2 Å². The van der Waals surface area contributed by atoms with E-state index in [4.69, 9.17) is 5.11 Å². The van der Waals surface area contributed by atoms with Crippen molar-refractivity contribution >= 4 is 16.9 Å². The van der Waals surface area contributed by atoms with Crippen LogP contribution in [0, 0.1) is 0 Å². The van der Waals surface area contributed by atoms with Crippen molar-refractivity contribution in [2.75, 3.05) is 0 Å². The molecule has 1 heterocycles. The molecule has 1 aromatic heterocycles. The van der Waals surface area contributed by atoms with E-state index in [0.29, 0.717) is 10.6 Å². The second-order valence-corrected chi connectivity index (χ2v) is 4.36. The van der Waals surface area contributed by atoms with E-state index >= 15 is 0 Å². The Morgan fingerprint density at radius 1 is 1.29 bits per heavy atom. The van der Waals surface area contributed by atoms with Gasteiger partial charge in [0.2, 0.25) is 0 Å². The quantitative estimate of drug-likeness (QED) is 0.890. The number of rotatable bonds is 2. The number of carboxylic acid groups (broad SMARTS) is 1. The molecule has 2 aromatic rings. The van der Waals surface area contributed by atoms with E-state index < -0.39 is 35.5 Å². The van der Waals surface area contributed by atoms with Crippen LogP contribution in [0.5, 0.6) is 0 Å². The van der Waals surface area contributed by atoms with Gasteiger partial charge in [-0.1, -0.05) is 0 Å². The maximum atomic E-state index is 12.7. The standard InChI is InChI=1S/C12H9F3N2O4/c1-16-8-3-2-6(12(13,14)15)4-7(8)10(20)17(11(16)21)5-9(18)19/h2-4H,5H2,1H3,(H,18,19). The van der Waals surface area contributed by atoms with E-state index in [1.54, 1.807) is 0 Å². The van der Waals surface area contributed by atoms with E-state index in [1.807, 2.05) is 0 Å². The van der Waals surface area contributed by atoms with Crippen LogP contribution in [0.3, 0.4) is 0 Å². The molecule has 0 fully saturated rings. The smallest absolute Gasteiger partial charge is 0.416 e. The highest BCUT2D eigenvalue weighted by atomic mass is 19.4. The van der Waals surface area contributed by atoms with Gasteiger partial charge in [-0.15, -0.1) is 0 Å². The molecule has 1 aromatic carbocycles. The minimum absolute atomic E-state index is 0.000334. The van der Waals surface area contributed by atoms with Crippen LogP contribution in [0.25, 0.3) is 10.9 Å². The first kappa shape index (κ1) is 14.8. The monoisotopic (exact) mass is 302 g/mol. The van der Waals surface area contributed by atoms with Gasteiger partial charge in [0, 0.05) is 7.05 Å². The van der Waals surface area contributed by atoms with Crippen molar-refractivity contribution in [1.82, 2.24) is 9.13 Å². The molecule has 0 aliphatic rings. The van der Waals surface area contributed by atoms with Gasteiger partial charge in [0.05, 0.1) is 16.5 Å². The second-order valence-electron chi connectivity index (χ2n) is 4.36. The number of benzene rings is 1. The summed E-state index contributed by atoms with van der Waals surface area (Å²) in [6.45, 7) is -0.919. The predicted molar refractivity (Wildman–Crippen MR) is 66.1 cm³/mol. The average molecular weight is 302 g/mol. The summed E-state index contributed by atoms with van der Waals surface area (Å²) in [7, 11) is 1.25. The van der Waals surface area contributed by atoms with Crippen LogP contribution in [-0.4, -0.2) is 20.2 Å². The fraction of sp³-hybridized carbons (Fsp3) is 0.250. The molecule has 0 amide bonds. The molecule has 1 N–H and O–H groups in total. The van der Waals surface area contributed by atoms with Gasteiger partial charge in [0.15, 0.2) is 0 Å². The normalized spacial score (nSPS) is 11.8. The van der Waals surface area contributed by atoms with Crippen LogP contribution in [0.4, 0.5) is 13.2 Å². The summed E-state index contributed by atoms with van der Waals surface area (Å²) in [6, 6.07) is 2.37. The fourth-order valence-electron chi connectivity index (χ4n) is 1.97. The Bertz CT molecular complexity index is 848. The van der Waals surface area contributed by atoms with E-state index in [1.165, 1.54) is 7.05 Å². The van der Waals surface area contributed by atoms with Crippen LogP contribution >= 0.6 is 0 Å². The van der Waals surface area contributed by atoms with E-state index in [9.17, 15) is 27.6 Å². The van der Waals surface area contributed by atoms with Crippen molar-refractivity contribution in [3.63, 3.8) is 0 Å². The lowest BCUT2D eigenvalue weighted by Gasteiger charge is -2.11. The van der Waals surface area contributed by atoms with E-state index in [2.05, 4.69) is 0 Å². The number of hydrogen-bond acceptors (Lipinski definition) is 3. The zero-order valence-corrected chi connectivity index (χ0v) is 10.6. The third-order valence-electron chi connectivity index (χ3n) is 2.97. The maximum absolute atomic E-state index is 12.7. The van der Waals surface area contributed by atoms with Crippen LogP contribution in [0.1, 0.15) is 5.56 Å². The third kappa shape index (κ3) is 2.54. The molecule has 0 unspecified atom stereocenters. The van der Waals surface area contributed by atoms with Gasteiger partial charge in [0.1, 0.15) is 6.54 Å². The summed E-state index contributed by atoms with van der Waals surface area (Å²) in [6.07, 6.45) is -4.65. The highest BCUT2D eigenvalue weighted by Crippen LogP contribution is 2.30. The van der Waals surface area contributed by atoms with Crippen LogP contribution in [-0.2, 0) is 24.6 Å². The first-order chi connectivity index (χ1) is 9.62. The summed E-state index contributed by atoms with van der Waals surface area (Å²) in [5.74, 6) is -1.44. The number of hydrogen-bond donors (Lipinski definition) is 1. The number of carboxylic acids is 1.